The fraction of sp³-hybridized carbons (Fsp3) is 0.308. The highest BCUT2D eigenvalue weighted by Gasteiger charge is 2.11. The SMILES string of the molecule is Cc1c(Cl)ccc2c(CCC(=O)O)cn(C)c12. The zero-order valence-corrected chi connectivity index (χ0v) is 10.6. The van der Waals surface area contributed by atoms with Crippen LogP contribution in [0.1, 0.15) is 17.5 Å². The van der Waals surface area contributed by atoms with Gasteiger partial charge in [-0.05, 0) is 30.5 Å². The van der Waals surface area contributed by atoms with Crippen molar-refractivity contribution in [2.24, 2.45) is 7.05 Å². The van der Waals surface area contributed by atoms with Gasteiger partial charge in [0.05, 0.1) is 5.52 Å². The molecule has 0 spiro atoms. The van der Waals surface area contributed by atoms with Crippen molar-refractivity contribution in [1.82, 2.24) is 4.57 Å². The summed E-state index contributed by atoms with van der Waals surface area (Å²) in [5, 5.41) is 10.6. The van der Waals surface area contributed by atoms with Crippen LogP contribution in [0.4, 0.5) is 0 Å². The van der Waals surface area contributed by atoms with Crippen LogP contribution in [0.3, 0.4) is 0 Å². The Morgan fingerprint density at radius 3 is 2.82 bits per heavy atom. The van der Waals surface area contributed by atoms with E-state index >= 15 is 0 Å². The molecule has 90 valence electrons. The third-order valence-corrected chi connectivity index (χ3v) is 3.43. The fourth-order valence-electron chi connectivity index (χ4n) is 2.20. The Morgan fingerprint density at radius 1 is 1.47 bits per heavy atom. The summed E-state index contributed by atoms with van der Waals surface area (Å²) in [6, 6.07) is 3.82. The number of benzene rings is 1. The summed E-state index contributed by atoms with van der Waals surface area (Å²) in [6.07, 6.45) is 2.69. The van der Waals surface area contributed by atoms with Crippen LogP contribution in [0.2, 0.25) is 5.02 Å². The standard InChI is InChI=1S/C13H14ClNO2/c1-8-11(14)5-4-10-9(3-6-12(16)17)7-15(2)13(8)10/h4-5,7H,3,6H2,1-2H3,(H,16,17). The molecule has 1 aromatic heterocycles. The lowest BCUT2D eigenvalue weighted by Crippen LogP contribution is -1.96. The van der Waals surface area contributed by atoms with Gasteiger partial charge in [-0.25, -0.2) is 0 Å². The van der Waals surface area contributed by atoms with Crippen molar-refractivity contribution in [2.75, 3.05) is 0 Å². The predicted molar refractivity (Wildman–Crippen MR) is 68.6 cm³/mol. The van der Waals surface area contributed by atoms with Gasteiger partial charge in [0, 0.05) is 30.1 Å². The molecule has 0 bridgehead atoms. The molecule has 1 heterocycles. The Bertz CT molecular complexity index is 587. The summed E-state index contributed by atoms with van der Waals surface area (Å²) < 4.78 is 2.01. The Morgan fingerprint density at radius 2 is 2.18 bits per heavy atom. The van der Waals surface area contributed by atoms with Crippen LogP contribution >= 0.6 is 11.6 Å². The third kappa shape index (κ3) is 2.15. The average Bonchev–Trinajstić information content (AvgIpc) is 2.58. The minimum atomic E-state index is -0.771. The Hall–Kier alpha value is -1.48. The molecule has 2 rings (SSSR count). The molecular weight excluding hydrogens is 238 g/mol. The topological polar surface area (TPSA) is 42.2 Å². The molecule has 1 aromatic carbocycles. The molecule has 0 aliphatic rings. The highest BCUT2D eigenvalue weighted by Crippen LogP contribution is 2.29. The van der Waals surface area contributed by atoms with Crippen molar-refractivity contribution in [3.63, 3.8) is 0 Å². The van der Waals surface area contributed by atoms with E-state index in [1.807, 2.05) is 36.9 Å². The van der Waals surface area contributed by atoms with Gasteiger partial charge in [0.15, 0.2) is 0 Å². The molecule has 2 aromatic rings. The number of aryl methyl sites for hydroxylation is 3. The van der Waals surface area contributed by atoms with Gasteiger partial charge < -0.3 is 9.67 Å². The van der Waals surface area contributed by atoms with Gasteiger partial charge in [0.25, 0.3) is 0 Å². The smallest absolute Gasteiger partial charge is 0.303 e. The summed E-state index contributed by atoms with van der Waals surface area (Å²) in [5.41, 5.74) is 3.18. The van der Waals surface area contributed by atoms with Gasteiger partial charge in [0.1, 0.15) is 0 Å². The van der Waals surface area contributed by atoms with E-state index in [0.717, 1.165) is 27.1 Å². The van der Waals surface area contributed by atoms with Crippen molar-refractivity contribution in [1.29, 1.82) is 0 Å². The molecular formula is C13H14ClNO2. The molecule has 17 heavy (non-hydrogen) atoms. The van der Waals surface area contributed by atoms with E-state index in [1.165, 1.54) is 0 Å². The van der Waals surface area contributed by atoms with Crippen LogP contribution < -0.4 is 0 Å². The number of halogens is 1. The number of carboxylic acid groups (broad SMARTS) is 1. The van der Waals surface area contributed by atoms with E-state index in [2.05, 4.69) is 0 Å². The lowest BCUT2D eigenvalue weighted by atomic mass is 10.1. The minimum Gasteiger partial charge on any atom is -0.481 e. The lowest BCUT2D eigenvalue weighted by molar-refractivity contribution is -0.136. The summed E-state index contributed by atoms with van der Waals surface area (Å²) in [7, 11) is 1.95. The quantitative estimate of drug-likeness (QED) is 0.911. The number of hydrogen-bond donors (Lipinski definition) is 1. The zero-order chi connectivity index (χ0) is 12.6. The molecule has 0 radical (unpaired) electrons. The van der Waals surface area contributed by atoms with E-state index < -0.39 is 5.97 Å². The number of aliphatic carboxylic acids is 1. The Labute approximate surface area is 105 Å². The molecule has 0 aliphatic heterocycles. The summed E-state index contributed by atoms with van der Waals surface area (Å²) in [4.78, 5) is 10.6. The van der Waals surface area contributed by atoms with Gasteiger partial charge >= 0.3 is 5.97 Å². The van der Waals surface area contributed by atoms with Gasteiger partial charge in [0.2, 0.25) is 0 Å². The van der Waals surface area contributed by atoms with Crippen LogP contribution in [0.15, 0.2) is 18.3 Å². The molecule has 3 nitrogen and oxygen atoms in total. The molecule has 0 atom stereocenters. The molecule has 0 saturated carbocycles. The summed E-state index contributed by atoms with van der Waals surface area (Å²) in [6.45, 7) is 1.98. The van der Waals surface area contributed by atoms with Crippen molar-refractivity contribution >= 4 is 28.5 Å². The van der Waals surface area contributed by atoms with Crippen molar-refractivity contribution in [2.45, 2.75) is 19.8 Å². The van der Waals surface area contributed by atoms with Gasteiger partial charge in [-0.15, -0.1) is 0 Å². The monoisotopic (exact) mass is 251 g/mol. The lowest BCUT2D eigenvalue weighted by Gasteiger charge is -2.03. The second-order valence-corrected chi connectivity index (χ2v) is 4.63. The van der Waals surface area contributed by atoms with Crippen LogP contribution in [-0.2, 0) is 18.3 Å². The predicted octanol–water partition coefficient (Wildman–Crippen LogP) is 3.16. The van der Waals surface area contributed by atoms with E-state index in [1.54, 1.807) is 0 Å². The van der Waals surface area contributed by atoms with Crippen LogP contribution in [0.25, 0.3) is 10.9 Å². The normalized spacial score (nSPS) is 11.0. The Kier molecular flexibility index (Phi) is 3.11. The van der Waals surface area contributed by atoms with E-state index in [0.29, 0.717) is 6.42 Å². The molecule has 0 aliphatic carbocycles. The van der Waals surface area contributed by atoms with Crippen molar-refractivity contribution in [3.05, 3.63) is 34.5 Å². The molecule has 0 saturated heterocycles. The maximum atomic E-state index is 10.6. The number of nitrogens with zero attached hydrogens (tertiary/aromatic N) is 1. The highest BCUT2D eigenvalue weighted by molar-refractivity contribution is 6.32. The maximum Gasteiger partial charge on any atom is 0.303 e. The summed E-state index contributed by atoms with van der Waals surface area (Å²) in [5.74, 6) is -0.771. The molecule has 0 amide bonds. The number of fused-ring (bicyclic) bond motifs is 1. The summed E-state index contributed by atoms with van der Waals surface area (Å²) >= 11 is 6.09. The largest absolute Gasteiger partial charge is 0.481 e. The molecule has 0 fully saturated rings. The van der Waals surface area contributed by atoms with Gasteiger partial charge in [-0.1, -0.05) is 17.7 Å². The van der Waals surface area contributed by atoms with Crippen LogP contribution in [0.5, 0.6) is 0 Å². The number of carbonyl (C=O) groups is 1. The first-order chi connectivity index (χ1) is 8.00. The number of aromatic nitrogens is 1. The number of carboxylic acids is 1. The zero-order valence-electron chi connectivity index (χ0n) is 9.83. The van der Waals surface area contributed by atoms with Gasteiger partial charge in [-0.2, -0.15) is 0 Å². The second-order valence-electron chi connectivity index (χ2n) is 4.23. The maximum absolute atomic E-state index is 10.6. The minimum absolute atomic E-state index is 0.154. The van der Waals surface area contributed by atoms with Gasteiger partial charge in [-0.3, -0.25) is 4.79 Å². The molecule has 0 unspecified atom stereocenters. The Balaban J connectivity index is 2.52. The number of rotatable bonds is 3. The fourth-order valence-corrected chi connectivity index (χ4v) is 2.35. The number of hydrogen-bond acceptors (Lipinski definition) is 1. The second kappa shape index (κ2) is 4.41. The first kappa shape index (κ1) is 12.0. The van der Waals surface area contributed by atoms with Crippen LogP contribution in [0, 0.1) is 6.92 Å². The molecule has 1 N–H and O–H groups in total. The first-order valence-electron chi connectivity index (χ1n) is 5.45. The van der Waals surface area contributed by atoms with E-state index in [-0.39, 0.29) is 6.42 Å². The average molecular weight is 252 g/mol. The van der Waals surface area contributed by atoms with Crippen molar-refractivity contribution < 1.29 is 9.90 Å². The van der Waals surface area contributed by atoms with E-state index in [4.69, 9.17) is 16.7 Å². The molecule has 4 heteroatoms. The van der Waals surface area contributed by atoms with Crippen molar-refractivity contribution in [3.8, 4) is 0 Å². The van der Waals surface area contributed by atoms with Crippen LogP contribution in [-0.4, -0.2) is 15.6 Å². The first-order valence-corrected chi connectivity index (χ1v) is 5.83. The highest BCUT2D eigenvalue weighted by atomic mass is 35.5. The third-order valence-electron chi connectivity index (χ3n) is 3.02. The van der Waals surface area contributed by atoms with E-state index in [9.17, 15) is 4.79 Å².